The molecule has 2 aromatic rings. The molecular formula is C14H8Br2ClFO. The lowest BCUT2D eigenvalue weighted by molar-refractivity contribution is 0.0991. The van der Waals surface area contributed by atoms with Crippen LogP contribution in [0.15, 0.2) is 45.3 Å². The maximum atomic E-state index is 13.6. The van der Waals surface area contributed by atoms with Crippen molar-refractivity contribution in [2.75, 3.05) is 0 Å². The zero-order chi connectivity index (χ0) is 14.0. The van der Waals surface area contributed by atoms with Gasteiger partial charge in [-0.15, -0.1) is 0 Å². The summed E-state index contributed by atoms with van der Waals surface area (Å²) >= 11 is 12.5. The quantitative estimate of drug-likeness (QED) is 0.621. The van der Waals surface area contributed by atoms with Crippen molar-refractivity contribution >= 4 is 49.2 Å². The first-order valence-electron chi connectivity index (χ1n) is 5.39. The Bertz CT molecular complexity index is 603. The second-order valence-electron chi connectivity index (χ2n) is 3.96. The van der Waals surface area contributed by atoms with Crippen molar-refractivity contribution in [1.82, 2.24) is 0 Å². The van der Waals surface area contributed by atoms with Crippen LogP contribution in [0.4, 0.5) is 4.39 Å². The molecule has 5 heteroatoms. The Balaban J connectivity index is 2.31. The predicted molar refractivity (Wildman–Crippen MR) is 81.3 cm³/mol. The van der Waals surface area contributed by atoms with Gasteiger partial charge in [0, 0.05) is 31.5 Å². The van der Waals surface area contributed by atoms with Crippen molar-refractivity contribution in [3.8, 4) is 0 Å². The number of carbonyl (C=O) groups is 1. The molecule has 2 rings (SSSR count). The summed E-state index contributed by atoms with van der Waals surface area (Å²) in [6, 6.07) is 9.60. The highest BCUT2D eigenvalue weighted by atomic mass is 79.9. The van der Waals surface area contributed by atoms with E-state index in [0.717, 1.165) is 8.95 Å². The van der Waals surface area contributed by atoms with Gasteiger partial charge < -0.3 is 0 Å². The number of ketones is 1. The lowest BCUT2D eigenvalue weighted by Crippen LogP contribution is -2.06. The van der Waals surface area contributed by atoms with E-state index in [4.69, 9.17) is 11.6 Å². The number of rotatable bonds is 3. The normalized spacial score (nSPS) is 10.5. The first kappa shape index (κ1) is 14.7. The summed E-state index contributed by atoms with van der Waals surface area (Å²) in [6.45, 7) is 0. The molecule has 0 saturated heterocycles. The van der Waals surface area contributed by atoms with E-state index in [1.807, 2.05) is 6.07 Å². The fourth-order valence-electron chi connectivity index (χ4n) is 1.68. The molecule has 98 valence electrons. The summed E-state index contributed by atoms with van der Waals surface area (Å²) in [5.74, 6) is -0.649. The number of halogens is 4. The van der Waals surface area contributed by atoms with E-state index in [2.05, 4.69) is 31.9 Å². The Kier molecular flexibility index (Phi) is 4.76. The van der Waals surface area contributed by atoms with E-state index in [-0.39, 0.29) is 22.8 Å². The molecule has 19 heavy (non-hydrogen) atoms. The van der Waals surface area contributed by atoms with Crippen LogP contribution in [0.2, 0.25) is 5.02 Å². The fraction of sp³-hybridized carbons (Fsp3) is 0.0714. The largest absolute Gasteiger partial charge is 0.294 e. The highest BCUT2D eigenvalue weighted by molar-refractivity contribution is 9.11. The summed E-state index contributed by atoms with van der Waals surface area (Å²) in [5, 5.41) is 0.266. The minimum atomic E-state index is -0.463. The lowest BCUT2D eigenvalue weighted by atomic mass is 10.0. The van der Waals surface area contributed by atoms with Crippen molar-refractivity contribution in [1.29, 1.82) is 0 Å². The Morgan fingerprint density at radius 3 is 2.37 bits per heavy atom. The van der Waals surface area contributed by atoms with Crippen molar-refractivity contribution in [2.24, 2.45) is 0 Å². The van der Waals surface area contributed by atoms with Crippen molar-refractivity contribution in [3.63, 3.8) is 0 Å². The summed E-state index contributed by atoms with van der Waals surface area (Å²) in [6.07, 6.45) is -0.0611. The third kappa shape index (κ3) is 3.65. The zero-order valence-electron chi connectivity index (χ0n) is 9.59. The number of carbonyl (C=O) groups excluding carboxylic acids is 1. The van der Waals surface area contributed by atoms with Crippen molar-refractivity contribution in [3.05, 3.63) is 67.3 Å². The second-order valence-corrected chi connectivity index (χ2v) is 6.20. The Labute approximate surface area is 132 Å². The Hall–Kier alpha value is -0.710. The van der Waals surface area contributed by atoms with Gasteiger partial charge in [-0.2, -0.15) is 0 Å². The lowest BCUT2D eigenvalue weighted by Gasteiger charge is -2.06. The maximum absolute atomic E-state index is 13.6. The monoisotopic (exact) mass is 404 g/mol. The van der Waals surface area contributed by atoms with Gasteiger partial charge in [-0.3, -0.25) is 4.79 Å². The van der Waals surface area contributed by atoms with Crippen LogP contribution in [-0.2, 0) is 6.42 Å². The molecule has 1 nitrogen and oxygen atoms in total. The minimum Gasteiger partial charge on any atom is -0.294 e. The molecule has 0 aromatic heterocycles. The maximum Gasteiger partial charge on any atom is 0.167 e. The minimum absolute atomic E-state index is 0.0611. The van der Waals surface area contributed by atoms with E-state index >= 15 is 0 Å². The molecule has 0 atom stereocenters. The molecular weight excluding hydrogens is 398 g/mol. The summed E-state index contributed by atoms with van der Waals surface area (Å²) in [5.41, 5.74) is 0.728. The number of Topliss-reactive ketones (excluding diaryl/α,β-unsaturated/α-hetero) is 1. The van der Waals surface area contributed by atoms with Crippen LogP contribution >= 0.6 is 43.5 Å². The summed E-state index contributed by atoms with van der Waals surface area (Å²) in [4.78, 5) is 12.2. The molecule has 0 spiro atoms. The highest BCUT2D eigenvalue weighted by Crippen LogP contribution is 2.24. The fourth-order valence-corrected chi connectivity index (χ4v) is 3.20. The highest BCUT2D eigenvalue weighted by Gasteiger charge is 2.14. The Morgan fingerprint density at radius 1 is 1.16 bits per heavy atom. The SMILES string of the molecule is O=C(Cc1c(F)cccc1Cl)c1cc(Br)cc(Br)c1. The molecule has 0 aliphatic rings. The van der Waals surface area contributed by atoms with E-state index in [9.17, 15) is 9.18 Å². The number of hydrogen-bond acceptors (Lipinski definition) is 1. The molecule has 0 aliphatic carbocycles. The summed E-state index contributed by atoms with van der Waals surface area (Å²) in [7, 11) is 0. The first-order chi connectivity index (χ1) is 8.97. The van der Waals surface area contributed by atoms with Crippen molar-refractivity contribution in [2.45, 2.75) is 6.42 Å². The van der Waals surface area contributed by atoms with Crippen LogP contribution in [-0.4, -0.2) is 5.78 Å². The van der Waals surface area contributed by atoms with E-state index in [1.165, 1.54) is 12.1 Å². The number of benzene rings is 2. The van der Waals surface area contributed by atoms with Gasteiger partial charge in [-0.25, -0.2) is 4.39 Å². The van der Waals surface area contributed by atoms with Gasteiger partial charge in [0.05, 0.1) is 0 Å². The van der Waals surface area contributed by atoms with Gasteiger partial charge in [-0.1, -0.05) is 49.5 Å². The van der Waals surface area contributed by atoms with Gasteiger partial charge in [0.15, 0.2) is 5.78 Å². The topological polar surface area (TPSA) is 17.1 Å². The van der Waals surface area contributed by atoms with Crippen LogP contribution in [0.1, 0.15) is 15.9 Å². The number of hydrogen-bond donors (Lipinski definition) is 0. The molecule has 0 radical (unpaired) electrons. The molecule has 0 aliphatic heterocycles. The van der Waals surface area contributed by atoms with E-state index in [0.29, 0.717) is 5.56 Å². The van der Waals surface area contributed by atoms with Crippen molar-refractivity contribution < 1.29 is 9.18 Å². The average molecular weight is 406 g/mol. The third-order valence-electron chi connectivity index (χ3n) is 2.58. The van der Waals surface area contributed by atoms with Gasteiger partial charge in [0.1, 0.15) is 5.82 Å². The Morgan fingerprint density at radius 2 is 1.79 bits per heavy atom. The summed E-state index contributed by atoms with van der Waals surface area (Å²) < 4.78 is 15.2. The molecule has 0 heterocycles. The van der Waals surface area contributed by atoms with Crippen LogP contribution in [0.25, 0.3) is 0 Å². The molecule has 2 aromatic carbocycles. The van der Waals surface area contributed by atoms with Gasteiger partial charge in [0.25, 0.3) is 0 Å². The van der Waals surface area contributed by atoms with Crippen LogP contribution in [0.5, 0.6) is 0 Å². The molecule has 0 N–H and O–H groups in total. The first-order valence-corrected chi connectivity index (χ1v) is 7.36. The molecule has 0 fully saturated rings. The molecule has 0 amide bonds. The molecule has 0 bridgehead atoms. The second kappa shape index (κ2) is 6.16. The van der Waals surface area contributed by atoms with Crippen LogP contribution in [0, 0.1) is 5.82 Å². The van der Waals surface area contributed by atoms with E-state index in [1.54, 1.807) is 18.2 Å². The predicted octanol–water partition coefficient (Wildman–Crippen LogP) is 5.43. The average Bonchev–Trinajstić information content (AvgIpc) is 2.32. The van der Waals surface area contributed by atoms with E-state index < -0.39 is 5.82 Å². The smallest absolute Gasteiger partial charge is 0.167 e. The van der Waals surface area contributed by atoms with Gasteiger partial charge in [-0.05, 0) is 30.3 Å². The van der Waals surface area contributed by atoms with Gasteiger partial charge in [0.2, 0.25) is 0 Å². The third-order valence-corrected chi connectivity index (χ3v) is 3.85. The zero-order valence-corrected chi connectivity index (χ0v) is 13.5. The standard InChI is InChI=1S/C14H8Br2ClFO/c15-9-4-8(5-10(16)6-9)14(19)7-11-12(17)2-1-3-13(11)18/h1-6H,7H2. The van der Waals surface area contributed by atoms with Gasteiger partial charge >= 0.3 is 0 Å². The molecule has 0 unspecified atom stereocenters. The van der Waals surface area contributed by atoms with Crippen LogP contribution in [0.3, 0.4) is 0 Å². The van der Waals surface area contributed by atoms with Crippen LogP contribution < -0.4 is 0 Å². The molecule has 0 saturated carbocycles.